The molecule has 0 heterocycles. The molecule has 0 spiro atoms. The highest BCUT2D eigenvalue weighted by molar-refractivity contribution is 5.21. The highest BCUT2D eigenvalue weighted by Crippen LogP contribution is 2.38. The number of benzene rings is 1. The van der Waals surface area contributed by atoms with Gasteiger partial charge < -0.3 is 15.2 Å². The fraction of sp³-hybridized carbons (Fsp3) is 0.714. The Morgan fingerprint density at radius 2 is 1.46 bits per heavy atom. The smallest absolute Gasteiger partial charge is 0.198 e. The van der Waals surface area contributed by atoms with Gasteiger partial charge in [-0.25, -0.2) is 0 Å². The summed E-state index contributed by atoms with van der Waals surface area (Å²) in [4.78, 5) is 0. The molecule has 3 nitrogen and oxygen atoms in total. The van der Waals surface area contributed by atoms with Gasteiger partial charge in [-0.2, -0.15) is 0 Å². The summed E-state index contributed by atoms with van der Waals surface area (Å²) in [6.45, 7) is 8.10. The van der Waals surface area contributed by atoms with Crippen LogP contribution in [0.25, 0.3) is 0 Å². The molecule has 0 amide bonds. The molecule has 0 fully saturated rings. The van der Waals surface area contributed by atoms with Gasteiger partial charge >= 0.3 is 0 Å². The summed E-state index contributed by atoms with van der Waals surface area (Å²) in [5.74, 6) is -0.547. The fourth-order valence-electron chi connectivity index (χ4n) is 3.41. The Morgan fingerprint density at radius 3 is 2.00 bits per heavy atom. The zero-order chi connectivity index (χ0) is 17.7. The Kier molecular flexibility index (Phi) is 11.0. The largest absolute Gasteiger partial charge is 0.346 e. The van der Waals surface area contributed by atoms with E-state index >= 15 is 0 Å². The standard InChI is InChI=1S/C21H37NO2/c1-4-7-8-9-10-12-17-20(18-22)21(23-5-2,24-6-3)19-15-13-11-14-16-19/h11,13-16,20H,4-10,12,17-18,22H2,1-3H3. The van der Waals surface area contributed by atoms with Gasteiger partial charge in [-0.05, 0) is 20.3 Å². The Hall–Kier alpha value is -0.900. The zero-order valence-electron chi connectivity index (χ0n) is 15.9. The van der Waals surface area contributed by atoms with Crippen molar-refractivity contribution < 1.29 is 9.47 Å². The second kappa shape index (κ2) is 12.5. The van der Waals surface area contributed by atoms with Gasteiger partial charge in [0.15, 0.2) is 5.79 Å². The Bertz CT molecular complexity index is 402. The van der Waals surface area contributed by atoms with Gasteiger partial charge in [0.05, 0.1) is 0 Å². The molecule has 0 aliphatic rings. The van der Waals surface area contributed by atoms with E-state index in [1.54, 1.807) is 0 Å². The molecule has 3 heteroatoms. The lowest BCUT2D eigenvalue weighted by molar-refractivity contribution is -0.273. The first-order valence-corrected chi connectivity index (χ1v) is 9.78. The lowest BCUT2D eigenvalue weighted by Crippen LogP contribution is -2.44. The highest BCUT2D eigenvalue weighted by atomic mass is 16.7. The maximum Gasteiger partial charge on any atom is 0.198 e. The van der Waals surface area contributed by atoms with Gasteiger partial charge in [0, 0.05) is 31.2 Å². The summed E-state index contributed by atoms with van der Waals surface area (Å²) in [5.41, 5.74) is 7.24. The predicted octanol–water partition coefficient (Wildman–Crippen LogP) is 5.24. The van der Waals surface area contributed by atoms with Crippen molar-refractivity contribution in [3.63, 3.8) is 0 Å². The van der Waals surface area contributed by atoms with E-state index in [4.69, 9.17) is 15.2 Å². The Labute approximate surface area is 148 Å². The molecule has 1 rings (SSSR count). The number of nitrogens with two attached hydrogens (primary N) is 1. The molecule has 0 bridgehead atoms. The van der Waals surface area contributed by atoms with Crippen LogP contribution in [0.5, 0.6) is 0 Å². The van der Waals surface area contributed by atoms with Crippen molar-refractivity contribution in [2.45, 2.75) is 71.5 Å². The second-order valence-corrected chi connectivity index (χ2v) is 6.39. The number of unbranched alkanes of at least 4 members (excludes halogenated alkanes) is 5. The molecule has 0 aromatic heterocycles. The Morgan fingerprint density at radius 1 is 0.875 bits per heavy atom. The zero-order valence-corrected chi connectivity index (χ0v) is 15.9. The van der Waals surface area contributed by atoms with E-state index in [0.29, 0.717) is 19.8 Å². The molecule has 1 aromatic carbocycles. The molecule has 1 unspecified atom stereocenters. The lowest BCUT2D eigenvalue weighted by atomic mass is 9.86. The maximum atomic E-state index is 6.20. The van der Waals surface area contributed by atoms with E-state index in [1.807, 2.05) is 32.0 Å². The molecule has 1 aromatic rings. The topological polar surface area (TPSA) is 44.5 Å². The average molecular weight is 336 g/mol. The van der Waals surface area contributed by atoms with Crippen molar-refractivity contribution in [3.8, 4) is 0 Å². The number of rotatable bonds is 14. The third-order valence-corrected chi connectivity index (χ3v) is 4.62. The van der Waals surface area contributed by atoms with Crippen LogP contribution in [0.15, 0.2) is 30.3 Å². The summed E-state index contributed by atoms with van der Waals surface area (Å²) < 4.78 is 12.4. The lowest BCUT2D eigenvalue weighted by Gasteiger charge is -2.40. The van der Waals surface area contributed by atoms with Crippen LogP contribution < -0.4 is 5.73 Å². The normalized spacial score (nSPS) is 13.2. The van der Waals surface area contributed by atoms with E-state index in [1.165, 1.54) is 38.5 Å². The molecule has 1 atom stereocenters. The summed E-state index contributed by atoms with van der Waals surface area (Å²) in [7, 11) is 0. The van der Waals surface area contributed by atoms with Gasteiger partial charge in [0.2, 0.25) is 0 Å². The van der Waals surface area contributed by atoms with E-state index in [-0.39, 0.29) is 5.92 Å². The minimum atomic E-state index is -0.719. The minimum Gasteiger partial charge on any atom is -0.346 e. The first-order chi connectivity index (χ1) is 11.7. The molecular formula is C21H37NO2. The first kappa shape index (κ1) is 21.1. The summed E-state index contributed by atoms with van der Waals surface area (Å²) >= 11 is 0. The van der Waals surface area contributed by atoms with Gasteiger partial charge in [0.1, 0.15) is 0 Å². The second-order valence-electron chi connectivity index (χ2n) is 6.39. The van der Waals surface area contributed by atoms with Gasteiger partial charge in [-0.1, -0.05) is 75.8 Å². The molecule has 0 saturated carbocycles. The van der Waals surface area contributed by atoms with Gasteiger partial charge in [0.25, 0.3) is 0 Å². The van der Waals surface area contributed by atoms with Crippen molar-refractivity contribution in [1.82, 2.24) is 0 Å². The van der Waals surface area contributed by atoms with Crippen molar-refractivity contribution in [2.75, 3.05) is 19.8 Å². The molecule has 0 aliphatic heterocycles. The molecule has 0 radical (unpaired) electrons. The number of hydrogen-bond donors (Lipinski definition) is 1. The van der Waals surface area contributed by atoms with Gasteiger partial charge in [-0.15, -0.1) is 0 Å². The Balaban J connectivity index is 2.81. The summed E-state index contributed by atoms with van der Waals surface area (Å²) in [6.07, 6.45) is 8.76. The van der Waals surface area contributed by atoms with E-state index in [0.717, 1.165) is 12.0 Å². The number of ether oxygens (including phenoxy) is 2. The fourth-order valence-corrected chi connectivity index (χ4v) is 3.41. The van der Waals surface area contributed by atoms with E-state index in [9.17, 15) is 0 Å². The van der Waals surface area contributed by atoms with Crippen molar-refractivity contribution in [1.29, 1.82) is 0 Å². The molecule has 2 N–H and O–H groups in total. The van der Waals surface area contributed by atoms with Gasteiger partial charge in [-0.3, -0.25) is 0 Å². The van der Waals surface area contributed by atoms with Crippen LogP contribution >= 0.6 is 0 Å². The predicted molar refractivity (Wildman–Crippen MR) is 102 cm³/mol. The molecule has 0 aliphatic carbocycles. The maximum absolute atomic E-state index is 6.20. The van der Waals surface area contributed by atoms with Crippen LogP contribution in [0.1, 0.15) is 71.3 Å². The molecule has 0 saturated heterocycles. The molecular weight excluding hydrogens is 298 g/mol. The van der Waals surface area contributed by atoms with Crippen molar-refractivity contribution >= 4 is 0 Å². The van der Waals surface area contributed by atoms with Crippen LogP contribution in [0.2, 0.25) is 0 Å². The van der Waals surface area contributed by atoms with Crippen LogP contribution in [-0.4, -0.2) is 19.8 Å². The van der Waals surface area contributed by atoms with Crippen LogP contribution in [0, 0.1) is 5.92 Å². The highest BCUT2D eigenvalue weighted by Gasteiger charge is 2.41. The third-order valence-electron chi connectivity index (χ3n) is 4.62. The van der Waals surface area contributed by atoms with E-state index < -0.39 is 5.79 Å². The summed E-state index contributed by atoms with van der Waals surface area (Å²) in [6, 6.07) is 10.3. The third kappa shape index (κ3) is 6.19. The SMILES string of the molecule is CCCCCCCCC(CN)C(OCC)(OCC)c1ccccc1. The van der Waals surface area contributed by atoms with Crippen molar-refractivity contribution in [2.24, 2.45) is 11.7 Å². The van der Waals surface area contributed by atoms with Crippen LogP contribution in [0.3, 0.4) is 0 Å². The molecule has 24 heavy (non-hydrogen) atoms. The van der Waals surface area contributed by atoms with Crippen LogP contribution in [0.4, 0.5) is 0 Å². The molecule has 138 valence electrons. The van der Waals surface area contributed by atoms with Crippen molar-refractivity contribution in [3.05, 3.63) is 35.9 Å². The minimum absolute atomic E-state index is 0.172. The average Bonchev–Trinajstić information content (AvgIpc) is 2.62. The first-order valence-electron chi connectivity index (χ1n) is 9.78. The number of hydrogen-bond acceptors (Lipinski definition) is 3. The summed E-state index contributed by atoms with van der Waals surface area (Å²) in [5, 5.41) is 0. The quantitative estimate of drug-likeness (QED) is 0.373. The van der Waals surface area contributed by atoms with Crippen LogP contribution in [-0.2, 0) is 15.3 Å². The monoisotopic (exact) mass is 335 g/mol. The van der Waals surface area contributed by atoms with E-state index in [2.05, 4.69) is 19.1 Å².